The van der Waals surface area contributed by atoms with Crippen LogP contribution in [0.25, 0.3) is 0 Å². The van der Waals surface area contributed by atoms with Crippen molar-refractivity contribution >= 4 is 27.3 Å². The predicted octanol–water partition coefficient (Wildman–Crippen LogP) is 1.78. The molecule has 1 amide bonds. The molecule has 0 aliphatic heterocycles. The van der Waals surface area contributed by atoms with Gasteiger partial charge in [-0.3, -0.25) is 5.32 Å². The number of aryl methyl sites for hydroxylation is 1. The zero-order valence-corrected chi connectivity index (χ0v) is 16.9. The Morgan fingerprint density at radius 1 is 1.29 bits per heavy atom. The molecule has 0 saturated heterocycles. The Morgan fingerprint density at radius 3 is 2.57 bits per heavy atom. The third-order valence-corrected chi connectivity index (χ3v) is 5.74. The highest BCUT2D eigenvalue weighted by Crippen LogP contribution is 2.22. The number of nitrogens with zero attached hydrogens (tertiary/aromatic N) is 3. The average molecular weight is 409 g/mol. The van der Waals surface area contributed by atoms with Crippen LogP contribution in [-0.4, -0.2) is 50.2 Å². The van der Waals surface area contributed by atoms with Gasteiger partial charge in [0, 0.05) is 30.5 Å². The molecule has 2 N–H and O–H groups in total. The van der Waals surface area contributed by atoms with Crippen molar-refractivity contribution in [3.63, 3.8) is 0 Å². The minimum atomic E-state index is -3.72. The highest BCUT2D eigenvalue weighted by Gasteiger charge is 2.22. The largest absolute Gasteiger partial charge is 0.448 e. The topological polar surface area (TPSA) is 113 Å². The molecule has 0 radical (unpaired) electrons. The second-order valence-corrected chi connectivity index (χ2v) is 8.09. The summed E-state index contributed by atoms with van der Waals surface area (Å²) < 4.78 is 29.9. The summed E-state index contributed by atoms with van der Waals surface area (Å²) in [6.45, 7) is 7.47. The quantitative estimate of drug-likeness (QED) is 0.388. The maximum atomic E-state index is 12.1. The summed E-state index contributed by atoms with van der Waals surface area (Å²) in [5, 5.41) is 11.5. The van der Waals surface area contributed by atoms with Gasteiger partial charge in [-0.2, -0.15) is 0 Å². The van der Waals surface area contributed by atoms with Gasteiger partial charge in [-0.15, -0.1) is 0 Å². The molecular weight excluding hydrogens is 384 g/mol. The van der Waals surface area contributed by atoms with Gasteiger partial charge in [-0.25, -0.2) is 13.2 Å². The lowest BCUT2D eigenvalue weighted by Crippen LogP contribution is -2.30. The monoisotopic (exact) mass is 409 g/mol. The summed E-state index contributed by atoms with van der Waals surface area (Å²) in [4.78, 5) is 17.8. The Morgan fingerprint density at radius 2 is 2.00 bits per heavy atom. The highest BCUT2D eigenvalue weighted by atomic mass is 32.2. The van der Waals surface area contributed by atoms with Crippen LogP contribution in [0.4, 0.5) is 16.2 Å². The number of carbonyl (C=O) groups is 1. The summed E-state index contributed by atoms with van der Waals surface area (Å²) in [5.41, 5.74) is 2.54. The predicted molar refractivity (Wildman–Crippen MR) is 103 cm³/mol. The van der Waals surface area contributed by atoms with Gasteiger partial charge >= 0.3 is 12.4 Å². The third kappa shape index (κ3) is 5.56. The molecule has 9 nitrogen and oxygen atoms in total. The smallest absolute Gasteiger partial charge is 0.411 e. The Balaban J connectivity index is 1.91. The zero-order valence-electron chi connectivity index (χ0n) is 16.1. The molecule has 2 rings (SSSR count). The van der Waals surface area contributed by atoms with E-state index in [0.29, 0.717) is 10.4 Å². The number of aromatic nitrogens is 2. The molecule has 152 valence electrons. The first-order chi connectivity index (χ1) is 13.3. The number of rotatable bonds is 8. The summed E-state index contributed by atoms with van der Waals surface area (Å²) >= 11 is 0. The maximum absolute atomic E-state index is 12.1. The molecular formula is C18H25N4O5S+. The van der Waals surface area contributed by atoms with Crippen molar-refractivity contribution < 1.29 is 27.9 Å². The van der Waals surface area contributed by atoms with E-state index in [1.807, 2.05) is 19.1 Å². The maximum Gasteiger partial charge on any atom is 0.411 e. The first-order valence-electron chi connectivity index (χ1n) is 8.85. The van der Waals surface area contributed by atoms with Gasteiger partial charge in [0.25, 0.3) is 5.03 Å². The minimum absolute atomic E-state index is 0.204. The van der Waals surface area contributed by atoms with Crippen molar-refractivity contribution in [2.24, 2.45) is 0 Å². The number of nitrogens with one attached hydrogen (secondary N) is 1. The molecule has 0 unspecified atom stereocenters. The molecule has 0 spiro atoms. The van der Waals surface area contributed by atoms with Gasteiger partial charge in [0.05, 0.1) is 5.75 Å². The van der Waals surface area contributed by atoms with E-state index in [1.165, 1.54) is 0 Å². The summed E-state index contributed by atoms with van der Waals surface area (Å²) in [7, 11) is -3.72. The van der Waals surface area contributed by atoms with Crippen LogP contribution in [0.5, 0.6) is 0 Å². The molecule has 0 aliphatic rings. The van der Waals surface area contributed by atoms with Crippen LogP contribution < -0.4 is 14.9 Å². The van der Waals surface area contributed by atoms with E-state index >= 15 is 0 Å². The number of ether oxygens (including phenoxy) is 1. The molecule has 0 fully saturated rings. The van der Waals surface area contributed by atoms with Crippen molar-refractivity contribution in [3.8, 4) is 0 Å². The molecule has 2 aromatic rings. The van der Waals surface area contributed by atoms with Crippen molar-refractivity contribution in [1.29, 1.82) is 0 Å². The third-order valence-electron chi connectivity index (χ3n) is 4.15. The second kappa shape index (κ2) is 9.36. The van der Waals surface area contributed by atoms with Crippen molar-refractivity contribution in [2.45, 2.75) is 25.8 Å². The lowest BCUT2D eigenvalue weighted by atomic mass is 10.1. The Bertz CT molecular complexity index is 912. The molecule has 1 aromatic heterocycles. The van der Waals surface area contributed by atoms with E-state index in [2.05, 4.69) is 29.0 Å². The second-order valence-electron chi connectivity index (χ2n) is 6.03. The number of anilines is 2. The number of sulfone groups is 1. The number of hydrogen-bond donors (Lipinski definition) is 2. The van der Waals surface area contributed by atoms with Crippen LogP contribution in [0.2, 0.25) is 0 Å². The fraction of sp³-hybridized carbons (Fsp3) is 0.389. The van der Waals surface area contributed by atoms with Gasteiger partial charge in [-0.1, -0.05) is 4.73 Å². The molecule has 0 bridgehead atoms. The minimum Gasteiger partial charge on any atom is -0.448 e. The molecule has 1 aromatic carbocycles. The number of amides is 1. The molecule has 0 atom stereocenters. The standard InChI is InChI=1S/C18H24N4O5S/c1-4-21(5-2)15-6-7-16(14(3)12-15)20-18(23)27-10-11-28(25,26)17-8-9-22(24)13-19-17/h6-9,12-13H,4-5,10-11H2,1-3H3,(H-,20,23,24)/p+1. The van der Waals surface area contributed by atoms with Crippen molar-refractivity contribution in [1.82, 2.24) is 4.98 Å². The summed E-state index contributed by atoms with van der Waals surface area (Å²) in [6.07, 6.45) is 1.38. The molecule has 10 heteroatoms. The number of carbonyl (C=O) groups excluding carboxylic acids is 1. The van der Waals surface area contributed by atoms with E-state index in [1.54, 1.807) is 6.07 Å². The van der Waals surface area contributed by atoms with Crippen LogP contribution in [0.1, 0.15) is 19.4 Å². The zero-order chi connectivity index (χ0) is 20.7. The first kappa shape index (κ1) is 21.4. The van der Waals surface area contributed by atoms with Gasteiger partial charge in [-0.05, 0) is 49.5 Å². The Labute approximate surface area is 164 Å². The fourth-order valence-corrected chi connectivity index (χ4v) is 3.58. The summed E-state index contributed by atoms with van der Waals surface area (Å²) in [6, 6.07) is 6.84. The van der Waals surface area contributed by atoms with E-state index in [9.17, 15) is 13.2 Å². The Hall–Kier alpha value is -2.88. The van der Waals surface area contributed by atoms with Crippen LogP contribution in [-0.2, 0) is 14.6 Å². The lowest BCUT2D eigenvalue weighted by molar-refractivity contribution is -0.907. The van der Waals surface area contributed by atoms with E-state index in [-0.39, 0.29) is 11.6 Å². The van der Waals surface area contributed by atoms with Gasteiger partial charge in [0.1, 0.15) is 12.8 Å². The summed E-state index contributed by atoms with van der Waals surface area (Å²) in [5.74, 6) is -0.414. The van der Waals surface area contributed by atoms with E-state index in [4.69, 9.17) is 9.94 Å². The van der Waals surface area contributed by atoms with Gasteiger partial charge in [0.15, 0.2) is 0 Å². The van der Waals surface area contributed by atoms with Crippen molar-refractivity contribution in [2.75, 3.05) is 35.7 Å². The lowest BCUT2D eigenvalue weighted by Gasteiger charge is -2.22. The fourth-order valence-electron chi connectivity index (χ4n) is 2.59. The van der Waals surface area contributed by atoms with Crippen LogP contribution in [0.15, 0.2) is 41.8 Å². The van der Waals surface area contributed by atoms with E-state index in [0.717, 1.165) is 42.9 Å². The first-order valence-corrected chi connectivity index (χ1v) is 10.5. The molecule has 28 heavy (non-hydrogen) atoms. The van der Waals surface area contributed by atoms with Crippen molar-refractivity contribution in [3.05, 3.63) is 42.4 Å². The average Bonchev–Trinajstić information content (AvgIpc) is 2.65. The van der Waals surface area contributed by atoms with Crippen LogP contribution >= 0.6 is 0 Å². The van der Waals surface area contributed by atoms with Crippen LogP contribution in [0, 0.1) is 6.92 Å². The number of hydrogen-bond acceptors (Lipinski definition) is 7. The Kier molecular flexibility index (Phi) is 7.16. The normalized spacial score (nSPS) is 11.1. The SMILES string of the molecule is CCN(CC)c1ccc(NC(=O)OCCS(=O)(=O)c2cc[n+](O)cn2)c(C)c1. The molecule has 0 saturated carbocycles. The molecule has 1 heterocycles. The van der Waals surface area contributed by atoms with E-state index < -0.39 is 21.7 Å². The number of benzene rings is 1. The van der Waals surface area contributed by atoms with Gasteiger partial charge in [0.2, 0.25) is 9.84 Å². The molecule has 0 aliphatic carbocycles. The van der Waals surface area contributed by atoms with Crippen LogP contribution in [0.3, 0.4) is 0 Å². The highest BCUT2D eigenvalue weighted by molar-refractivity contribution is 7.91. The van der Waals surface area contributed by atoms with Gasteiger partial charge < -0.3 is 14.8 Å².